The summed E-state index contributed by atoms with van der Waals surface area (Å²) in [7, 11) is 1.60. The summed E-state index contributed by atoms with van der Waals surface area (Å²) in [5, 5.41) is 8.28. The van der Waals surface area contributed by atoms with Gasteiger partial charge in [-0.1, -0.05) is 6.08 Å². The lowest BCUT2D eigenvalue weighted by Crippen LogP contribution is -1.85. The smallest absolute Gasteiger partial charge is 0.137 e. The summed E-state index contributed by atoms with van der Waals surface area (Å²) >= 11 is 0. The number of nitriles is 1. The first-order valence-electron chi connectivity index (χ1n) is 3.90. The van der Waals surface area contributed by atoms with Gasteiger partial charge in [0.05, 0.1) is 31.5 Å². The minimum atomic E-state index is 0.410. The fourth-order valence-electron chi connectivity index (χ4n) is 0.843. The SMILES string of the molecule is COc1ccc(C=CCC#N)nc1. The van der Waals surface area contributed by atoms with E-state index >= 15 is 0 Å². The van der Waals surface area contributed by atoms with Crippen molar-refractivity contribution in [3.05, 3.63) is 30.1 Å². The summed E-state index contributed by atoms with van der Waals surface area (Å²) < 4.78 is 4.96. The molecule has 0 bridgehead atoms. The zero-order valence-corrected chi connectivity index (χ0v) is 7.40. The van der Waals surface area contributed by atoms with Gasteiger partial charge in [0.15, 0.2) is 0 Å². The standard InChI is InChI=1S/C10H10N2O/c1-13-10-6-5-9(12-8-10)4-2-3-7-11/h2,4-6,8H,3H2,1H3. The van der Waals surface area contributed by atoms with Crippen LogP contribution in [0.25, 0.3) is 6.08 Å². The Morgan fingerprint density at radius 2 is 2.46 bits per heavy atom. The molecule has 1 aromatic rings. The van der Waals surface area contributed by atoms with E-state index in [1.54, 1.807) is 19.4 Å². The number of hydrogen-bond acceptors (Lipinski definition) is 3. The largest absolute Gasteiger partial charge is 0.495 e. The highest BCUT2D eigenvalue weighted by atomic mass is 16.5. The molecule has 0 aromatic carbocycles. The lowest BCUT2D eigenvalue weighted by molar-refractivity contribution is 0.413. The van der Waals surface area contributed by atoms with Gasteiger partial charge in [-0.25, -0.2) is 0 Å². The molecular weight excluding hydrogens is 164 g/mol. The lowest BCUT2D eigenvalue weighted by atomic mass is 10.3. The van der Waals surface area contributed by atoms with E-state index in [1.807, 2.05) is 24.3 Å². The molecule has 1 aromatic heterocycles. The van der Waals surface area contributed by atoms with Gasteiger partial charge in [-0.3, -0.25) is 4.98 Å². The Balaban J connectivity index is 2.65. The van der Waals surface area contributed by atoms with Crippen LogP contribution in [0.3, 0.4) is 0 Å². The summed E-state index contributed by atoms with van der Waals surface area (Å²) in [4.78, 5) is 4.10. The highest BCUT2D eigenvalue weighted by Crippen LogP contribution is 2.08. The van der Waals surface area contributed by atoms with E-state index in [1.165, 1.54) is 0 Å². The van der Waals surface area contributed by atoms with E-state index in [4.69, 9.17) is 10.00 Å². The highest BCUT2D eigenvalue weighted by Gasteiger charge is 1.90. The zero-order valence-electron chi connectivity index (χ0n) is 7.40. The lowest BCUT2D eigenvalue weighted by Gasteiger charge is -1.97. The van der Waals surface area contributed by atoms with Crippen LogP contribution in [-0.2, 0) is 0 Å². The predicted molar refractivity (Wildman–Crippen MR) is 50.1 cm³/mol. The number of allylic oxidation sites excluding steroid dienone is 1. The molecule has 3 heteroatoms. The third-order valence-corrected chi connectivity index (χ3v) is 1.49. The molecule has 0 saturated carbocycles. The molecule has 0 aliphatic carbocycles. The van der Waals surface area contributed by atoms with Gasteiger partial charge in [0.1, 0.15) is 5.75 Å². The van der Waals surface area contributed by atoms with Crippen LogP contribution >= 0.6 is 0 Å². The Morgan fingerprint density at radius 3 is 3.00 bits per heavy atom. The third kappa shape index (κ3) is 2.96. The molecule has 1 heterocycles. The number of ether oxygens (including phenoxy) is 1. The van der Waals surface area contributed by atoms with Crippen molar-refractivity contribution in [3.63, 3.8) is 0 Å². The van der Waals surface area contributed by atoms with Gasteiger partial charge < -0.3 is 4.74 Å². The molecule has 0 fully saturated rings. The number of hydrogen-bond donors (Lipinski definition) is 0. The molecular formula is C10H10N2O. The second-order valence-corrected chi connectivity index (χ2v) is 2.39. The van der Waals surface area contributed by atoms with E-state index < -0.39 is 0 Å². The van der Waals surface area contributed by atoms with Crippen molar-refractivity contribution in [2.45, 2.75) is 6.42 Å². The van der Waals surface area contributed by atoms with Gasteiger partial charge in [-0.15, -0.1) is 0 Å². The Kier molecular flexibility index (Phi) is 3.52. The van der Waals surface area contributed by atoms with E-state index in [9.17, 15) is 0 Å². The normalized spacial score (nSPS) is 9.85. The van der Waals surface area contributed by atoms with Gasteiger partial charge in [0.25, 0.3) is 0 Å². The van der Waals surface area contributed by atoms with Gasteiger partial charge in [-0.2, -0.15) is 5.26 Å². The molecule has 0 radical (unpaired) electrons. The Morgan fingerprint density at radius 1 is 1.62 bits per heavy atom. The van der Waals surface area contributed by atoms with Gasteiger partial charge in [0.2, 0.25) is 0 Å². The van der Waals surface area contributed by atoms with Crippen LogP contribution in [0, 0.1) is 11.3 Å². The van der Waals surface area contributed by atoms with Crippen molar-refractivity contribution in [3.8, 4) is 11.8 Å². The second-order valence-electron chi connectivity index (χ2n) is 2.39. The zero-order chi connectivity index (χ0) is 9.52. The first kappa shape index (κ1) is 9.27. The van der Waals surface area contributed by atoms with E-state index in [0.29, 0.717) is 6.42 Å². The predicted octanol–water partition coefficient (Wildman–Crippen LogP) is 2.02. The van der Waals surface area contributed by atoms with Crippen LogP contribution < -0.4 is 4.74 Å². The minimum Gasteiger partial charge on any atom is -0.495 e. The van der Waals surface area contributed by atoms with Gasteiger partial charge >= 0.3 is 0 Å². The summed E-state index contributed by atoms with van der Waals surface area (Å²) in [6, 6.07) is 5.69. The van der Waals surface area contributed by atoms with Crippen LogP contribution in [0.2, 0.25) is 0 Å². The maximum absolute atomic E-state index is 8.28. The highest BCUT2D eigenvalue weighted by molar-refractivity contribution is 5.45. The fraction of sp³-hybridized carbons (Fsp3) is 0.200. The summed E-state index contributed by atoms with van der Waals surface area (Å²) in [6.07, 6.45) is 5.64. The number of nitrogens with zero attached hydrogens (tertiary/aromatic N) is 2. The monoisotopic (exact) mass is 174 g/mol. The second kappa shape index (κ2) is 4.94. The number of rotatable bonds is 3. The molecule has 0 spiro atoms. The number of aromatic nitrogens is 1. The summed E-state index contributed by atoms with van der Waals surface area (Å²) in [6.45, 7) is 0. The van der Waals surface area contributed by atoms with Gasteiger partial charge in [-0.05, 0) is 18.2 Å². The van der Waals surface area contributed by atoms with Crippen molar-refractivity contribution >= 4 is 6.08 Å². The molecule has 13 heavy (non-hydrogen) atoms. The quantitative estimate of drug-likeness (QED) is 0.704. The van der Waals surface area contributed by atoms with Crippen LogP contribution in [0.4, 0.5) is 0 Å². The third-order valence-electron chi connectivity index (χ3n) is 1.49. The van der Waals surface area contributed by atoms with E-state index in [-0.39, 0.29) is 0 Å². The molecule has 1 rings (SSSR count). The van der Waals surface area contributed by atoms with Crippen LogP contribution in [0.5, 0.6) is 5.75 Å². The average molecular weight is 174 g/mol. The molecule has 0 amide bonds. The molecule has 0 aliphatic heterocycles. The van der Waals surface area contributed by atoms with Crippen molar-refractivity contribution in [1.82, 2.24) is 4.98 Å². The van der Waals surface area contributed by atoms with Crippen LogP contribution in [0.1, 0.15) is 12.1 Å². The summed E-state index contributed by atoms with van der Waals surface area (Å²) in [5.41, 5.74) is 0.830. The minimum absolute atomic E-state index is 0.410. The number of pyridine rings is 1. The first-order valence-corrected chi connectivity index (χ1v) is 3.90. The number of methoxy groups -OCH3 is 1. The molecule has 0 saturated heterocycles. The molecule has 0 unspecified atom stereocenters. The van der Waals surface area contributed by atoms with Crippen LogP contribution in [-0.4, -0.2) is 12.1 Å². The Hall–Kier alpha value is -1.82. The molecule has 66 valence electrons. The summed E-state index contributed by atoms with van der Waals surface area (Å²) in [5.74, 6) is 0.734. The molecule has 0 N–H and O–H groups in total. The van der Waals surface area contributed by atoms with E-state index in [0.717, 1.165) is 11.4 Å². The van der Waals surface area contributed by atoms with Crippen molar-refractivity contribution in [1.29, 1.82) is 5.26 Å². The molecule has 0 aliphatic rings. The average Bonchev–Trinajstić information content (AvgIpc) is 2.19. The molecule has 3 nitrogen and oxygen atoms in total. The maximum atomic E-state index is 8.28. The van der Waals surface area contributed by atoms with E-state index in [2.05, 4.69) is 4.98 Å². The van der Waals surface area contributed by atoms with Gasteiger partial charge in [0, 0.05) is 0 Å². The maximum Gasteiger partial charge on any atom is 0.137 e. The topological polar surface area (TPSA) is 45.9 Å². The van der Waals surface area contributed by atoms with Crippen LogP contribution in [0.15, 0.2) is 24.4 Å². The first-order chi connectivity index (χ1) is 6.36. The van der Waals surface area contributed by atoms with Crippen molar-refractivity contribution < 1.29 is 4.74 Å². The van der Waals surface area contributed by atoms with Crippen molar-refractivity contribution in [2.24, 2.45) is 0 Å². The Bertz CT molecular complexity index is 322. The fourth-order valence-corrected chi connectivity index (χ4v) is 0.843. The van der Waals surface area contributed by atoms with Crippen molar-refractivity contribution in [2.75, 3.05) is 7.11 Å². The molecule has 0 atom stereocenters. The Labute approximate surface area is 77.3 Å².